The molecule has 5 nitrogen and oxygen atoms in total. The van der Waals surface area contributed by atoms with Crippen LogP contribution in [-0.4, -0.2) is 36.8 Å². The zero-order valence-electron chi connectivity index (χ0n) is 13.1. The molecule has 118 valence electrons. The lowest BCUT2D eigenvalue weighted by Gasteiger charge is -2.12. The van der Waals surface area contributed by atoms with Gasteiger partial charge in [-0.05, 0) is 44.5 Å². The van der Waals surface area contributed by atoms with E-state index in [4.69, 9.17) is 9.84 Å². The van der Waals surface area contributed by atoms with Crippen molar-refractivity contribution in [3.63, 3.8) is 0 Å². The molecule has 1 saturated heterocycles. The molecule has 5 heteroatoms. The van der Waals surface area contributed by atoms with Crippen LogP contribution in [0, 0.1) is 0 Å². The number of carbonyl (C=O) groups is 1. The number of nitrogens with one attached hydrogen (secondary N) is 2. The van der Waals surface area contributed by atoms with Gasteiger partial charge >= 0.3 is 0 Å². The summed E-state index contributed by atoms with van der Waals surface area (Å²) in [6.45, 7) is 8.45. The fraction of sp³-hybridized carbons (Fsp3) is 0.562. The van der Waals surface area contributed by atoms with Crippen LogP contribution in [0.5, 0.6) is 5.75 Å². The normalized spacial score (nSPS) is 18.5. The SMILES string of the molecule is CC(=O)NC(C)c1ccc(O)cc1.CCOC1CCNC1. The average molecular weight is 294 g/mol. The highest BCUT2D eigenvalue weighted by atomic mass is 16.5. The van der Waals surface area contributed by atoms with Gasteiger partial charge in [0.2, 0.25) is 5.91 Å². The van der Waals surface area contributed by atoms with Crippen molar-refractivity contribution in [2.24, 2.45) is 0 Å². The van der Waals surface area contributed by atoms with E-state index in [0.717, 1.165) is 25.3 Å². The van der Waals surface area contributed by atoms with E-state index >= 15 is 0 Å². The molecule has 1 fully saturated rings. The lowest BCUT2D eigenvalue weighted by Crippen LogP contribution is -2.23. The first-order chi connectivity index (χ1) is 10.0. The molecule has 2 atom stereocenters. The number of aromatic hydroxyl groups is 1. The molecule has 1 aromatic carbocycles. The molecule has 0 aliphatic carbocycles. The fourth-order valence-corrected chi connectivity index (χ4v) is 2.16. The van der Waals surface area contributed by atoms with Crippen LogP contribution < -0.4 is 10.6 Å². The van der Waals surface area contributed by atoms with E-state index in [-0.39, 0.29) is 17.7 Å². The second-order valence-corrected chi connectivity index (χ2v) is 5.08. The number of hydrogen-bond donors (Lipinski definition) is 3. The Morgan fingerprint density at radius 1 is 1.48 bits per heavy atom. The first-order valence-corrected chi connectivity index (χ1v) is 7.41. The Bertz CT molecular complexity index is 414. The topological polar surface area (TPSA) is 70.6 Å². The van der Waals surface area contributed by atoms with Gasteiger partial charge < -0.3 is 20.5 Å². The highest BCUT2D eigenvalue weighted by molar-refractivity contribution is 5.73. The molecule has 2 unspecified atom stereocenters. The van der Waals surface area contributed by atoms with Crippen LogP contribution in [0.1, 0.15) is 38.8 Å². The number of ether oxygens (including phenoxy) is 1. The summed E-state index contributed by atoms with van der Waals surface area (Å²) in [4.78, 5) is 10.7. The van der Waals surface area contributed by atoms with Crippen LogP contribution in [0.3, 0.4) is 0 Å². The summed E-state index contributed by atoms with van der Waals surface area (Å²) in [5, 5.41) is 15.0. The molecule has 1 amide bonds. The predicted octanol–water partition coefficient (Wildman–Crippen LogP) is 1.97. The summed E-state index contributed by atoms with van der Waals surface area (Å²) in [6, 6.07) is 6.77. The maximum Gasteiger partial charge on any atom is 0.217 e. The number of phenolic OH excluding ortho intramolecular Hbond substituents is 1. The zero-order valence-corrected chi connectivity index (χ0v) is 13.1. The minimum Gasteiger partial charge on any atom is -0.508 e. The van der Waals surface area contributed by atoms with E-state index in [0.29, 0.717) is 6.10 Å². The molecule has 2 rings (SSSR count). The van der Waals surface area contributed by atoms with Crippen molar-refractivity contribution in [1.29, 1.82) is 0 Å². The second-order valence-electron chi connectivity index (χ2n) is 5.08. The van der Waals surface area contributed by atoms with Crippen molar-refractivity contribution >= 4 is 5.91 Å². The maximum absolute atomic E-state index is 10.7. The van der Waals surface area contributed by atoms with Crippen LogP contribution in [0.4, 0.5) is 0 Å². The lowest BCUT2D eigenvalue weighted by atomic mass is 10.1. The Balaban J connectivity index is 0.000000235. The van der Waals surface area contributed by atoms with Crippen molar-refractivity contribution in [1.82, 2.24) is 10.6 Å². The Morgan fingerprint density at radius 2 is 2.14 bits per heavy atom. The predicted molar refractivity (Wildman–Crippen MR) is 83.2 cm³/mol. The molecule has 0 aromatic heterocycles. The zero-order chi connectivity index (χ0) is 15.7. The van der Waals surface area contributed by atoms with Crippen LogP contribution in [-0.2, 0) is 9.53 Å². The number of hydrogen-bond acceptors (Lipinski definition) is 4. The highest BCUT2D eigenvalue weighted by Gasteiger charge is 2.12. The summed E-state index contributed by atoms with van der Waals surface area (Å²) < 4.78 is 5.34. The van der Waals surface area contributed by atoms with Crippen molar-refractivity contribution in [3.05, 3.63) is 29.8 Å². The van der Waals surface area contributed by atoms with E-state index in [1.807, 2.05) is 13.8 Å². The number of rotatable bonds is 4. The fourth-order valence-electron chi connectivity index (χ4n) is 2.16. The Kier molecular flexibility index (Phi) is 7.79. The van der Waals surface area contributed by atoms with Gasteiger partial charge in [-0.1, -0.05) is 12.1 Å². The van der Waals surface area contributed by atoms with Crippen LogP contribution in [0.15, 0.2) is 24.3 Å². The van der Waals surface area contributed by atoms with Gasteiger partial charge in [-0.25, -0.2) is 0 Å². The summed E-state index contributed by atoms with van der Waals surface area (Å²) in [5.74, 6) is 0.180. The Labute approximate surface area is 126 Å². The molecule has 0 bridgehead atoms. The minimum absolute atomic E-state index is 0.0156. The molecule has 1 aliphatic heterocycles. The van der Waals surface area contributed by atoms with E-state index < -0.39 is 0 Å². The third-order valence-electron chi connectivity index (χ3n) is 3.23. The van der Waals surface area contributed by atoms with Crippen LogP contribution in [0.25, 0.3) is 0 Å². The highest BCUT2D eigenvalue weighted by Crippen LogP contribution is 2.15. The average Bonchev–Trinajstić information content (AvgIpc) is 2.93. The largest absolute Gasteiger partial charge is 0.508 e. The van der Waals surface area contributed by atoms with Crippen molar-refractivity contribution in [3.8, 4) is 5.75 Å². The molecule has 0 spiro atoms. The number of phenols is 1. The quantitative estimate of drug-likeness (QED) is 0.794. The molecule has 0 radical (unpaired) electrons. The number of carbonyl (C=O) groups excluding carboxylic acids is 1. The van der Waals surface area contributed by atoms with E-state index in [1.165, 1.54) is 13.3 Å². The second kappa shape index (κ2) is 9.37. The first-order valence-electron chi connectivity index (χ1n) is 7.41. The van der Waals surface area contributed by atoms with Gasteiger partial charge in [0, 0.05) is 20.1 Å². The number of benzene rings is 1. The maximum atomic E-state index is 10.7. The van der Waals surface area contributed by atoms with E-state index in [2.05, 4.69) is 10.6 Å². The lowest BCUT2D eigenvalue weighted by molar-refractivity contribution is -0.119. The van der Waals surface area contributed by atoms with Gasteiger partial charge in [-0.3, -0.25) is 4.79 Å². The summed E-state index contributed by atoms with van der Waals surface area (Å²) >= 11 is 0. The Hall–Kier alpha value is -1.59. The van der Waals surface area contributed by atoms with Crippen LogP contribution in [0.2, 0.25) is 0 Å². The molecule has 3 N–H and O–H groups in total. The summed E-state index contributed by atoms with van der Waals surface area (Å²) in [5.41, 5.74) is 0.980. The van der Waals surface area contributed by atoms with E-state index in [1.54, 1.807) is 24.3 Å². The standard InChI is InChI=1S/C10H13NO2.C6H13NO/c1-7(11-8(2)12)9-3-5-10(13)6-4-9;1-2-8-6-3-4-7-5-6/h3-7,13H,1-2H3,(H,11,12);6-7H,2-5H2,1H3. The molecular weight excluding hydrogens is 268 g/mol. The number of amides is 1. The van der Waals surface area contributed by atoms with Crippen molar-refractivity contribution in [2.45, 2.75) is 39.3 Å². The monoisotopic (exact) mass is 294 g/mol. The van der Waals surface area contributed by atoms with Gasteiger partial charge in [0.1, 0.15) is 5.75 Å². The third-order valence-corrected chi connectivity index (χ3v) is 3.23. The van der Waals surface area contributed by atoms with Gasteiger partial charge in [0.25, 0.3) is 0 Å². The molecule has 0 saturated carbocycles. The molecule has 1 aromatic rings. The summed E-state index contributed by atoms with van der Waals surface area (Å²) in [7, 11) is 0. The Morgan fingerprint density at radius 3 is 2.62 bits per heavy atom. The van der Waals surface area contributed by atoms with Gasteiger partial charge in [0.05, 0.1) is 12.1 Å². The van der Waals surface area contributed by atoms with Gasteiger partial charge in [-0.2, -0.15) is 0 Å². The van der Waals surface area contributed by atoms with Crippen LogP contribution >= 0.6 is 0 Å². The minimum atomic E-state index is -0.0550. The molecular formula is C16H26N2O3. The van der Waals surface area contributed by atoms with Gasteiger partial charge in [-0.15, -0.1) is 0 Å². The van der Waals surface area contributed by atoms with E-state index in [9.17, 15) is 4.79 Å². The van der Waals surface area contributed by atoms with Crippen molar-refractivity contribution in [2.75, 3.05) is 19.7 Å². The molecule has 21 heavy (non-hydrogen) atoms. The molecule has 1 aliphatic rings. The smallest absolute Gasteiger partial charge is 0.217 e. The molecule has 1 heterocycles. The third kappa shape index (κ3) is 7.11. The van der Waals surface area contributed by atoms with Crippen molar-refractivity contribution < 1.29 is 14.6 Å². The van der Waals surface area contributed by atoms with Gasteiger partial charge in [0.15, 0.2) is 0 Å². The first kappa shape index (κ1) is 17.5. The summed E-state index contributed by atoms with van der Waals surface area (Å²) in [6.07, 6.45) is 1.69.